The van der Waals surface area contributed by atoms with Gasteiger partial charge in [0.2, 0.25) is 0 Å². The van der Waals surface area contributed by atoms with Gasteiger partial charge in [-0.15, -0.1) is 12.4 Å². The van der Waals surface area contributed by atoms with E-state index in [9.17, 15) is 9.59 Å². The zero-order valence-corrected chi connectivity index (χ0v) is 21.0. The van der Waals surface area contributed by atoms with Gasteiger partial charge in [-0.2, -0.15) is 0 Å². The van der Waals surface area contributed by atoms with Crippen molar-refractivity contribution in [2.45, 2.75) is 71.3 Å². The number of carboxylic acids is 1. The summed E-state index contributed by atoms with van der Waals surface area (Å²) < 4.78 is 0. The molecule has 6 nitrogen and oxygen atoms in total. The van der Waals surface area contributed by atoms with Crippen molar-refractivity contribution in [2.75, 3.05) is 37.6 Å². The topological polar surface area (TPSA) is 64.1 Å². The molecule has 0 unspecified atom stereocenters. The van der Waals surface area contributed by atoms with Crippen molar-refractivity contribution in [2.24, 2.45) is 11.8 Å². The van der Waals surface area contributed by atoms with Crippen molar-refractivity contribution in [3.05, 3.63) is 29.3 Å². The molecule has 0 radical (unpaired) electrons. The molecule has 0 spiro atoms. The lowest BCUT2D eigenvalue weighted by Gasteiger charge is -2.34. The number of nitrogens with zero attached hydrogens (tertiary/aromatic N) is 3. The Kier molecular flexibility index (Phi) is 9.05. The molecule has 0 aromatic heterocycles. The Hall–Kier alpha value is -1.79. The first kappa shape index (κ1) is 25.8. The van der Waals surface area contributed by atoms with Crippen molar-refractivity contribution in [3.8, 4) is 0 Å². The number of urea groups is 1. The van der Waals surface area contributed by atoms with E-state index in [-0.39, 0.29) is 24.9 Å². The van der Waals surface area contributed by atoms with Crippen LogP contribution in [0.5, 0.6) is 0 Å². The van der Waals surface area contributed by atoms with Gasteiger partial charge < -0.3 is 14.9 Å². The van der Waals surface area contributed by atoms with Gasteiger partial charge in [-0.3, -0.25) is 9.69 Å². The number of benzene rings is 1. The summed E-state index contributed by atoms with van der Waals surface area (Å²) in [6.07, 6.45) is 7.25. The van der Waals surface area contributed by atoms with Crippen LogP contribution in [0.2, 0.25) is 0 Å². The molecule has 1 saturated heterocycles. The van der Waals surface area contributed by atoms with Crippen LogP contribution in [0.15, 0.2) is 18.2 Å². The van der Waals surface area contributed by atoms with Gasteiger partial charge in [0.1, 0.15) is 0 Å². The molecule has 2 heterocycles. The number of hydrogen-bond donors (Lipinski definition) is 1. The molecular formula is C26H40ClN3O3. The monoisotopic (exact) mass is 477 g/mol. The van der Waals surface area contributed by atoms with Gasteiger partial charge >= 0.3 is 12.0 Å². The van der Waals surface area contributed by atoms with E-state index in [0.29, 0.717) is 17.9 Å². The van der Waals surface area contributed by atoms with Crippen molar-refractivity contribution < 1.29 is 14.7 Å². The Balaban J connectivity index is 0.00000306. The number of fused-ring (bicyclic) bond motifs is 1. The summed E-state index contributed by atoms with van der Waals surface area (Å²) in [4.78, 5) is 30.7. The molecule has 1 N–H and O–H groups in total. The summed E-state index contributed by atoms with van der Waals surface area (Å²) >= 11 is 0. The Bertz CT molecular complexity index is 823. The standard InChI is InChI=1S/C26H39N3O3.ClH/c1-19(2)18-27-13-11-21-6-9-24(17-22(21)12-14-27)29-16-15-28(26(29)32)23-7-3-20(4-8-23)5-10-25(30)31;/h6,9,17,19-20,23H,3-5,7-8,10-16,18H2,1-2H3,(H,30,31);1H/t20-,23-;. The molecule has 3 aliphatic rings. The minimum absolute atomic E-state index is 0. The van der Waals surface area contributed by atoms with E-state index in [1.165, 1.54) is 11.1 Å². The fraction of sp³-hybridized carbons (Fsp3) is 0.692. The summed E-state index contributed by atoms with van der Waals surface area (Å²) in [5.41, 5.74) is 3.88. The normalized spacial score (nSPS) is 23.9. The zero-order chi connectivity index (χ0) is 22.7. The molecule has 0 bridgehead atoms. The average Bonchev–Trinajstić information content (AvgIpc) is 3.04. The number of carboxylic acid groups (broad SMARTS) is 1. The van der Waals surface area contributed by atoms with Crippen LogP contribution >= 0.6 is 12.4 Å². The third-order valence-corrected chi connectivity index (χ3v) is 7.58. The van der Waals surface area contributed by atoms with E-state index in [4.69, 9.17) is 5.11 Å². The average molecular weight is 478 g/mol. The highest BCUT2D eigenvalue weighted by Gasteiger charge is 2.36. The second kappa shape index (κ2) is 11.6. The van der Waals surface area contributed by atoms with E-state index < -0.39 is 5.97 Å². The minimum atomic E-state index is -0.703. The highest BCUT2D eigenvalue weighted by molar-refractivity contribution is 5.94. The first-order chi connectivity index (χ1) is 15.4. The third-order valence-electron chi connectivity index (χ3n) is 7.58. The summed E-state index contributed by atoms with van der Waals surface area (Å²) in [5.74, 6) is 0.481. The van der Waals surface area contributed by atoms with E-state index in [1.54, 1.807) is 0 Å². The van der Waals surface area contributed by atoms with Crippen LogP contribution in [0, 0.1) is 11.8 Å². The van der Waals surface area contributed by atoms with Crippen LogP contribution < -0.4 is 4.90 Å². The van der Waals surface area contributed by atoms with Gasteiger partial charge in [0, 0.05) is 50.9 Å². The van der Waals surface area contributed by atoms with Gasteiger partial charge in [-0.1, -0.05) is 19.9 Å². The maximum atomic E-state index is 13.3. The van der Waals surface area contributed by atoms with Crippen LogP contribution in [0.3, 0.4) is 0 Å². The molecule has 4 rings (SSSR count). The number of carbonyl (C=O) groups excluding carboxylic acids is 1. The Labute approximate surface area is 204 Å². The van der Waals surface area contributed by atoms with Crippen molar-refractivity contribution in [1.29, 1.82) is 0 Å². The van der Waals surface area contributed by atoms with Crippen LogP contribution in [0.1, 0.15) is 63.5 Å². The molecule has 0 atom stereocenters. The van der Waals surface area contributed by atoms with E-state index in [0.717, 1.165) is 83.4 Å². The van der Waals surface area contributed by atoms with Crippen molar-refractivity contribution >= 4 is 30.1 Å². The molecule has 33 heavy (non-hydrogen) atoms. The Morgan fingerprint density at radius 3 is 2.39 bits per heavy atom. The van der Waals surface area contributed by atoms with Crippen molar-refractivity contribution in [1.82, 2.24) is 9.80 Å². The smallest absolute Gasteiger partial charge is 0.324 e. The predicted molar refractivity (Wildman–Crippen MR) is 134 cm³/mol. The lowest BCUT2D eigenvalue weighted by molar-refractivity contribution is -0.137. The number of anilines is 1. The number of rotatable bonds is 7. The molecule has 2 aliphatic heterocycles. The quantitative estimate of drug-likeness (QED) is 0.610. The summed E-state index contributed by atoms with van der Waals surface area (Å²) in [6.45, 7) is 9.49. The first-order valence-corrected chi connectivity index (χ1v) is 12.5. The number of halogens is 1. The Morgan fingerprint density at radius 2 is 1.73 bits per heavy atom. The zero-order valence-electron chi connectivity index (χ0n) is 20.2. The van der Waals surface area contributed by atoms with Crippen molar-refractivity contribution in [3.63, 3.8) is 0 Å². The fourth-order valence-electron chi connectivity index (χ4n) is 5.83. The van der Waals surface area contributed by atoms with E-state index in [1.807, 2.05) is 4.90 Å². The Morgan fingerprint density at radius 1 is 1.03 bits per heavy atom. The molecular weight excluding hydrogens is 438 g/mol. The first-order valence-electron chi connectivity index (χ1n) is 12.5. The molecule has 7 heteroatoms. The molecule has 1 aliphatic carbocycles. The highest BCUT2D eigenvalue weighted by Crippen LogP contribution is 2.33. The van der Waals surface area contributed by atoms with E-state index in [2.05, 4.69) is 41.8 Å². The number of hydrogen-bond acceptors (Lipinski definition) is 3. The van der Waals surface area contributed by atoms with E-state index >= 15 is 0 Å². The number of amides is 2. The van der Waals surface area contributed by atoms with Gasteiger partial charge in [-0.25, -0.2) is 4.79 Å². The lowest BCUT2D eigenvalue weighted by atomic mass is 9.83. The van der Waals surface area contributed by atoms with Gasteiger partial charge in [-0.05, 0) is 80.0 Å². The van der Waals surface area contributed by atoms with Crippen LogP contribution in [-0.2, 0) is 17.6 Å². The third kappa shape index (κ3) is 6.42. The van der Waals surface area contributed by atoms with Crippen LogP contribution in [0.25, 0.3) is 0 Å². The minimum Gasteiger partial charge on any atom is -0.481 e. The van der Waals surface area contributed by atoms with Gasteiger partial charge in [0.05, 0.1) is 0 Å². The second-order valence-electron chi connectivity index (χ2n) is 10.4. The maximum Gasteiger partial charge on any atom is 0.324 e. The van der Waals surface area contributed by atoms with Gasteiger partial charge in [0.25, 0.3) is 0 Å². The molecule has 2 amide bonds. The summed E-state index contributed by atoms with van der Waals surface area (Å²) in [6, 6.07) is 7.10. The largest absolute Gasteiger partial charge is 0.481 e. The maximum absolute atomic E-state index is 13.3. The highest BCUT2D eigenvalue weighted by atomic mass is 35.5. The van der Waals surface area contributed by atoms with Crippen LogP contribution in [-0.4, -0.2) is 65.7 Å². The number of carbonyl (C=O) groups is 2. The fourth-order valence-corrected chi connectivity index (χ4v) is 5.83. The molecule has 2 fully saturated rings. The lowest BCUT2D eigenvalue weighted by Crippen LogP contribution is -2.41. The summed E-state index contributed by atoms with van der Waals surface area (Å²) in [7, 11) is 0. The molecule has 1 saturated carbocycles. The molecule has 184 valence electrons. The predicted octanol–water partition coefficient (Wildman–Crippen LogP) is 4.83. The van der Waals surface area contributed by atoms with Gasteiger partial charge in [0.15, 0.2) is 0 Å². The molecule has 1 aromatic carbocycles. The number of aliphatic carboxylic acids is 1. The molecule has 1 aromatic rings. The second-order valence-corrected chi connectivity index (χ2v) is 10.4. The van der Waals surface area contributed by atoms with Crippen LogP contribution in [0.4, 0.5) is 10.5 Å². The summed E-state index contributed by atoms with van der Waals surface area (Å²) in [5, 5.41) is 8.92. The SMILES string of the molecule is CC(C)CN1CCc2ccc(N3CCN([C@H]4CC[C@H](CCC(=O)O)CC4)C3=O)cc2CC1.Cl.